The molecule has 1 aliphatic carbocycles. The Morgan fingerprint density at radius 1 is 0.480 bits per heavy atom. The molecule has 0 aromatic heterocycles. The lowest BCUT2D eigenvalue weighted by atomic mass is 9.96. The first kappa shape index (κ1) is 70.0. The molecule has 10 N–H and O–H groups in total. The maximum atomic E-state index is 12.5. The number of halogens is 2. The molecule has 8 aliphatic heterocycles. The van der Waals surface area contributed by atoms with E-state index in [9.17, 15) is 18.7 Å². The van der Waals surface area contributed by atoms with Gasteiger partial charge in [0.05, 0.1) is 24.8 Å². The fraction of sp³-hybridized carbons (Fsp3) is 0.952. The van der Waals surface area contributed by atoms with Crippen molar-refractivity contribution in [2.75, 3.05) is 52.4 Å². The number of Topliss-reactive ketones (excluding diaryl/α,β-unsaturated/α-hetero) is 1. The largest absolute Gasteiger partial charge is 0.392 e. The van der Waals surface area contributed by atoms with Crippen molar-refractivity contribution in [1.29, 1.82) is 0 Å². The highest BCUT2D eigenvalue weighted by molar-refractivity contribution is 5.83. The van der Waals surface area contributed by atoms with Crippen molar-refractivity contribution in [3.63, 3.8) is 0 Å². The molecule has 75 heavy (non-hydrogen) atoms. The van der Waals surface area contributed by atoms with Crippen molar-refractivity contribution in [3.8, 4) is 0 Å². The maximum absolute atomic E-state index is 12.5. The predicted octanol–water partition coefficient (Wildman–Crippen LogP) is 9.96. The summed E-state index contributed by atoms with van der Waals surface area (Å²) < 4.78 is 25.0. The van der Waals surface area contributed by atoms with Crippen LogP contribution in [0.2, 0.25) is 0 Å². The first-order chi connectivity index (χ1) is 34.7. The number of rotatable bonds is 8. The summed E-state index contributed by atoms with van der Waals surface area (Å²) in [7, 11) is 0. The Bertz CT molecular complexity index is 1430. The number of aliphatic hydroxyl groups excluding tert-OH is 1. The molecule has 0 radical (unpaired) electrons. The van der Waals surface area contributed by atoms with Crippen molar-refractivity contribution in [3.05, 3.63) is 12.2 Å². The van der Waals surface area contributed by atoms with Crippen molar-refractivity contribution in [2.45, 2.75) is 262 Å². The fourth-order valence-corrected chi connectivity index (χ4v) is 11.1. The van der Waals surface area contributed by atoms with E-state index in [0.717, 1.165) is 97.9 Å². The third-order valence-corrected chi connectivity index (χ3v) is 17.4. The van der Waals surface area contributed by atoms with Crippen molar-refractivity contribution in [2.24, 2.45) is 64.6 Å². The van der Waals surface area contributed by atoms with Gasteiger partial charge in [-0.1, -0.05) is 137 Å². The molecule has 0 amide bonds. The summed E-state index contributed by atoms with van der Waals surface area (Å²) in [6, 6.07) is 4.60. The highest BCUT2D eigenvalue weighted by Gasteiger charge is 2.48. The molecule has 9 rings (SSSR count). The zero-order chi connectivity index (χ0) is 57.0. The van der Waals surface area contributed by atoms with Crippen LogP contribution in [0.25, 0.3) is 0 Å². The lowest BCUT2D eigenvalue weighted by molar-refractivity contribution is -0.116. The monoisotopic (exact) mass is 1070 g/mol. The third kappa shape index (κ3) is 28.2. The quantitative estimate of drug-likeness (QED) is 0.106. The summed E-state index contributed by atoms with van der Waals surface area (Å²) in [5.74, 6) is 5.10. The van der Waals surface area contributed by atoms with Crippen LogP contribution in [0.5, 0.6) is 0 Å². The number of β-amino-alcohol motifs (C(OH)–C–C–N with tert-alkyl or cyclic N) is 2. The van der Waals surface area contributed by atoms with E-state index in [4.69, 9.17) is 5.11 Å². The van der Waals surface area contributed by atoms with E-state index in [-0.39, 0.29) is 25.1 Å². The smallest absolute Gasteiger partial charge is 0.261 e. The Morgan fingerprint density at radius 3 is 1.07 bits per heavy atom. The summed E-state index contributed by atoms with van der Waals surface area (Å²) in [5.41, 5.74) is 1.68. The number of hydrogen-bond donors (Lipinski definition) is 10. The zero-order valence-corrected chi connectivity index (χ0v) is 52.0. The van der Waals surface area contributed by atoms with Crippen molar-refractivity contribution < 1.29 is 23.8 Å². The van der Waals surface area contributed by atoms with Crippen molar-refractivity contribution in [1.82, 2.24) is 42.5 Å². The fourth-order valence-electron chi connectivity index (χ4n) is 11.1. The lowest BCUT2D eigenvalue weighted by Gasteiger charge is -2.16. The van der Waals surface area contributed by atoms with E-state index >= 15 is 0 Å². The molecule has 8 saturated heterocycles. The molecule has 0 aromatic carbocycles. The topological polar surface area (TPSA) is 154 Å². The highest BCUT2D eigenvalue weighted by Crippen LogP contribution is 2.52. The van der Waals surface area contributed by atoms with E-state index in [0.29, 0.717) is 60.2 Å². The van der Waals surface area contributed by atoms with Gasteiger partial charge < -0.3 is 52.7 Å². The normalized spacial score (nSPS) is 34.1. The standard InChI is InChI=1S/C9H17N.C8H17NO.2C8H17N.C8H15N.C7H13F2N.C7H15NO.C7H13NO/c1-7(2)8-5-9(3-4-9)6-10-8;1-6(2)7-4-8(3,10)5-9-7;3*1-6(2)8-4-7(3)5-9-8;1-5(2)6-3-7(8,9)4-10-6;2*1-5(2)7-3-6(9)4-8-7/h7-8,10H,3-6H2,1-2H3;6-7,9-10H,4-5H2,1-3H3;2*6-9H,4-5H2,1-3H3;6,8-9H,3-5H2,1-2H3;5-6,10H,3-4H2,1-2H3;5-9H,3-4H2,1-2H3;5,7-8H,3-4H2,1-2H3/t8-;3*7-,8-;8-;6-;6-,7-;7-/m11111111/s1. The Labute approximate surface area is 461 Å². The number of aliphatic hydroxyl groups is 2. The van der Waals surface area contributed by atoms with Crippen LogP contribution in [0.15, 0.2) is 12.2 Å². The minimum absolute atomic E-state index is 0.00463. The summed E-state index contributed by atoms with van der Waals surface area (Å²) in [5, 5.41) is 45.2. The molecule has 1 spiro atoms. The van der Waals surface area contributed by atoms with Crippen LogP contribution < -0.4 is 42.5 Å². The Hall–Kier alpha value is -1.13. The van der Waals surface area contributed by atoms with E-state index in [2.05, 4.69) is 160 Å². The van der Waals surface area contributed by atoms with E-state index < -0.39 is 11.5 Å². The van der Waals surface area contributed by atoms with E-state index in [1.54, 1.807) is 0 Å². The molecule has 11 nitrogen and oxygen atoms in total. The van der Waals surface area contributed by atoms with Gasteiger partial charge in [-0.05, 0) is 136 Å². The summed E-state index contributed by atoms with van der Waals surface area (Å²) in [4.78, 5) is 10.7. The average molecular weight is 1070 g/mol. The zero-order valence-electron chi connectivity index (χ0n) is 52.0. The van der Waals surface area contributed by atoms with Gasteiger partial charge in [0.1, 0.15) is 5.78 Å². The van der Waals surface area contributed by atoms with Crippen LogP contribution in [0.1, 0.15) is 196 Å². The predicted molar refractivity (Wildman–Crippen MR) is 316 cm³/mol. The molecule has 8 heterocycles. The summed E-state index contributed by atoms with van der Waals surface area (Å²) in [6.45, 7) is 52.4. The number of carbonyl (C=O) groups is 1. The van der Waals surface area contributed by atoms with Crippen LogP contribution in [-0.2, 0) is 4.79 Å². The molecular weight excluding hydrogens is 943 g/mol. The minimum Gasteiger partial charge on any atom is -0.392 e. The van der Waals surface area contributed by atoms with Gasteiger partial charge >= 0.3 is 0 Å². The van der Waals surface area contributed by atoms with Gasteiger partial charge in [0.25, 0.3) is 5.92 Å². The Balaban J connectivity index is 0.000000294. The average Bonchev–Trinajstić information content (AvgIpc) is 4.13. The molecule has 444 valence electrons. The van der Waals surface area contributed by atoms with Crippen molar-refractivity contribution >= 4 is 5.78 Å². The molecule has 12 atom stereocenters. The van der Waals surface area contributed by atoms with Gasteiger partial charge in [0.2, 0.25) is 0 Å². The van der Waals surface area contributed by atoms with Crippen LogP contribution in [0.3, 0.4) is 0 Å². The second kappa shape index (κ2) is 33.6. The van der Waals surface area contributed by atoms with E-state index in [1.807, 2.05) is 20.8 Å². The van der Waals surface area contributed by atoms with Gasteiger partial charge in [-0.2, -0.15) is 0 Å². The molecule has 13 heteroatoms. The number of alkyl halides is 2. The second-order valence-electron chi connectivity index (χ2n) is 28.2. The molecule has 0 bridgehead atoms. The van der Waals surface area contributed by atoms with Gasteiger partial charge in [0.15, 0.2) is 0 Å². The number of ketones is 1. The number of hydrogen-bond acceptors (Lipinski definition) is 11. The lowest BCUT2D eigenvalue weighted by Crippen LogP contribution is -2.27. The molecule has 1 saturated carbocycles. The minimum atomic E-state index is -2.46. The number of nitrogens with one attached hydrogen (secondary N) is 8. The summed E-state index contributed by atoms with van der Waals surface area (Å²) in [6.07, 6.45) is 10.8. The SMILES string of the molecule is C=C1CN[C@@H](C(C)C)C1.CC(C)[C@H]1CC(=O)CN1.CC(C)[C@H]1CC(F)(F)CN1.CC(C)[C@H]1CC2(CC2)CN1.CC(C)[C@H]1C[C@@H](C)CN1.CC(C)[C@H]1C[C@@H](C)CN1.CC(C)[C@H]1C[C@@H](O)CN1.CC(C)[C@H]1C[C@@](C)(O)CN1. The Morgan fingerprint density at radius 2 is 0.867 bits per heavy atom. The van der Waals surface area contributed by atoms with Gasteiger partial charge in [-0.3, -0.25) is 4.79 Å². The highest BCUT2D eigenvalue weighted by atomic mass is 19.3. The molecule has 9 aliphatic rings. The summed E-state index contributed by atoms with van der Waals surface area (Å²) >= 11 is 0. The van der Waals surface area contributed by atoms with Crippen LogP contribution >= 0.6 is 0 Å². The molecule has 0 aromatic rings. The molecular formula is C62H124F2N8O3. The Kier molecular flexibility index (Phi) is 31.3. The molecule has 0 unspecified atom stereocenters. The first-order valence-electron chi connectivity index (χ1n) is 30.6. The van der Waals surface area contributed by atoms with Gasteiger partial charge in [0, 0.05) is 87.4 Å². The van der Waals surface area contributed by atoms with Crippen LogP contribution in [0.4, 0.5) is 8.78 Å². The maximum Gasteiger partial charge on any atom is 0.261 e. The first-order valence-corrected chi connectivity index (χ1v) is 30.6. The van der Waals surface area contributed by atoms with Crippen LogP contribution in [-0.4, -0.2) is 134 Å². The number of carbonyl (C=O) groups excluding carboxylic acids is 1. The third-order valence-electron chi connectivity index (χ3n) is 17.4. The molecule has 9 fully saturated rings. The van der Waals surface area contributed by atoms with Crippen LogP contribution in [0, 0.1) is 64.6 Å². The van der Waals surface area contributed by atoms with E-state index in [1.165, 1.54) is 63.7 Å². The van der Waals surface area contributed by atoms with Gasteiger partial charge in [-0.25, -0.2) is 8.78 Å². The second-order valence-corrected chi connectivity index (χ2v) is 28.2. The van der Waals surface area contributed by atoms with Gasteiger partial charge in [-0.15, -0.1) is 0 Å².